The molecule has 0 fully saturated rings. The third-order valence-corrected chi connectivity index (χ3v) is 1.77. The average molecular weight is 207 g/mol. The van der Waals surface area contributed by atoms with Gasteiger partial charge in [0.1, 0.15) is 0 Å². The Kier molecular flexibility index (Phi) is 3.19. The van der Waals surface area contributed by atoms with Crippen LogP contribution in [0.1, 0.15) is 11.3 Å². The Morgan fingerprint density at radius 2 is 2.08 bits per heavy atom. The van der Waals surface area contributed by atoms with Crippen LogP contribution in [0.3, 0.4) is 0 Å². The summed E-state index contributed by atoms with van der Waals surface area (Å²) in [7, 11) is 0. The quantitative estimate of drug-likeness (QED) is 0.735. The van der Waals surface area contributed by atoms with Gasteiger partial charge < -0.3 is 0 Å². The van der Waals surface area contributed by atoms with Crippen LogP contribution in [0.2, 0.25) is 0 Å². The summed E-state index contributed by atoms with van der Waals surface area (Å²) in [6, 6.07) is 2.32. The van der Waals surface area contributed by atoms with Gasteiger partial charge in [0, 0.05) is 6.20 Å². The minimum atomic E-state index is -4.31. The lowest BCUT2D eigenvalue weighted by molar-refractivity contribution is -0.138. The van der Waals surface area contributed by atoms with Gasteiger partial charge in [-0.1, -0.05) is 0 Å². The Hall–Kier alpha value is -0.710. The molecular weight excluding hydrogens is 199 g/mol. The fraction of sp³-hybridized carbons (Fsp3) is 0.375. The molecule has 1 rings (SSSR count). The lowest BCUT2D eigenvalue weighted by Gasteiger charge is -2.10. The molecular formula is C8H8F3NS. The van der Waals surface area contributed by atoms with E-state index >= 15 is 0 Å². The predicted molar refractivity (Wildman–Crippen MR) is 46.8 cm³/mol. The van der Waals surface area contributed by atoms with Crippen molar-refractivity contribution < 1.29 is 13.2 Å². The number of thiol groups is 1. The molecule has 0 aromatic carbocycles. The molecule has 0 atom stereocenters. The van der Waals surface area contributed by atoms with Crippen molar-refractivity contribution in [3.63, 3.8) is 0 Å². The summed E-state index contributed by atoms with van der Waals surface area (Å²) in [6.07, 6.45) is -2.72. The maximum Gasteiger partial charge on any atom is 0.418 e. The van der Waals surface area contributed by atoms with Crippen LogP contribution in [0.25, 0.3) is 0 Å². The van der Waals surface area contributed by atoms with Crippen molar-refractivity contribution in [2.75, 3.05) is 5.75 Å². The van der Waals surface area contributed by atoms with E-state index in [-0.39, 0.29) is 12.1 Å². The summed E-state index contributed by atoms with van der Waals surface area (Å²) in [4.78, 5) is 3.67. The van der Waals surface area contributed by atoms with Gasteiger partial charge in [-0.05, 0) is 24.3 Å². The molecule has 72 valence electrons. The van der Waals surface area contributed by atoms with E-state index in [1.54, 1.807) is 0 Å². The number of aromatic nitrogens is 1. The number of pyridine rings is 1. The van der Waals surface area contributed by atoms with Crippen LogP contribution < -0.4 is 0 Å². The van der Waals surface area contributed by atoms with Gasteiger partial charge in [-0.15, -0.1) is 0 Å². The second kappa shape index (κ2) is 4.00. The van der Waals surface area contributed by atoms with E-state index in [0.29, 0.717) is 5.75 Å². The maximum atomic E-state index is 12.3. The van der Waals surface area contributed by atoms with Crippen molar-refractivity contribution in [3.05, 3.63) is 29.6 Å². The Morgan fingerprint density at radius 3 is 2.62 bits per heavy atom. The highest BCUT2D eigenvalue weighted by Crippen LogP contribution is 2.31. The Bertz CT molecular complexity index is 285. The molecule has 5 heteroatoms. The highest BCUT2D eigenvalue weighted by Gasteiger charge is 2.33. The second-order valence-electron chi connectivity index (χ2n) is 2.47. The normalized spacial score (nSPS) is 11.7. The van der Waals surface area contributed by atoms with Crippen LogP contribution in [0.15, 0.2) is 18.3 Å². The maximum absolute atomic E-state index is 12.3. The largest absolute Gasteiger partial charge is 0.418 e. The van der Waals surface area contributed by atoms with E-state index in [4.69, 9.17) is 0 Å². The van der Waals surface area contributed by atoms with Crippen LogP contribution in [0, 0.1) is 0 Å². The Labute approximate surface area is 79.4 Å². The molecule has 13 heavy (non-hydrogen) atoms. The minimum absolute atomic E-state index is 0.0602. The zero-order valence-corrected chi connectivity index (χ0v) is 7.57. The number of halogens is 3. The summed E-state index contributed by atoms with van der Waals surface area (Å²) in [5.41, 5.74) is -0.603. The summed E-state index contributed by atoms with van der Waals surface area (Å²) in [6.45, 7) is 0. The van der Waals surface area contributed by atoms with E-state index in [2.05, 4.69) is 17.6 Å². The summed E-state index contributed by atoms with van der Waals surface area (Å²) in [5, 5.41) is 0. The zero-order chi connectivity index (χ0) is 9.90. The van der Waals surface area contributed by atoms with E-state index in [9.17, 15) is 13.2 Å². The number of rotatable bonds is 2. The summed E-state index contributed by atoms with van der Waals surface area (Å²) >= 11 is 3.87. The van der Waals surface area contributed by atoms with Gasteiger partial charge in [0.05, 0.1) is 11.3 Å². The molecule has 0 saturated carbocycles. The number of hydrogen-bond donors (Lipinski definition) is 1. The molecule has 0 aliphatic heterocycles. The smallest absolute Gasteiger partial charge is 0.261 e. The van der Waals surface area contributed by atoms with Crippen molar-refractivity contribution in [1.29, 1.82) is 0 Å². The molecule has 0 spiro atoms. The van der Waals surface area contributed by atoms with E-state index < -0.39 is 11.7 Å². The SMILES string of the molecule is FC(F)(F)c1cccnc1CCS. The molecule has 0 N–H and O–H groups in total. The van der Waals surface area contributed by atoms with Gasteiger partial charge in [0.15, 0.2) is 0 Å². The topological polar surface area (TPSA) is 12.9 Å². The first-order chi connectivity index (χ1) is 6.05. The van der Waals surface area contributed by atoms with Crippen LogP contribution >= 0.6 is 12.6 Å². The molecule has 1 nitrogen and oxygen atoms in total. The van der Waals surface area contributed by atoms with Gasteiger partial charge in [0.25, 0.3) is 0 Å². The van der Waals surface area contributed by atoms with Gasteiger partial charge in [0.2, 0.25) is 0 Å². The predicted octanol–water partition coefficient (Wildman–Crippen LogP) is 2.57. The highest BCUT2D eigenvalue weighted by atomic mass is 32.1. The second-order valence-corrected chi connectivity index (χ2v) is 2.92. The first kappa shape index (κ1) is 10.4. The van der Waals surface area contributed by atoms with Crippen molar-refractivity contribution in [3.8, 4) is 0 Å². The monoisotopic (exact) mass is 207 g/mol. The van der Waals surface area contributed by atoms with Crippen molar-refractivity contribution in [1.82, 2.24) is 4.98 Å². The van der Waals surface area contributed by atoms with Crippen LogP contribution in [0.5, 0.6) is 0 Å². The number of alkyl halides is 3. The number of hydrogen-bond acceptors (Lipinski definition) is 2. The Morgan fingerprint density at radius 1 is 1.38 bits per heavy atom. The molecule has 0 amide bonds. The molecule has 1 aromatic rings. The zero-order valence-electron chi connectivity index (χ0n) is 6.67. The summed E-state index contributed by atoms with van der Waals surface area (Å²) in [5.74, 6) is 0.361. The third kappa shape index (κ3) is 2.62. The molecule has 0 aliphatic carbocycles. The fourth-order valence-electron chi connectivity index (χ4n) is 1.00. The molecule has 1 heterocycles. The van der Waals surface area contributed by atoms with Crippen molar-refractivity contribution in [2.45, 2.75) is 12.6 Å². The molecule has 0 bridgehead atoms. The number of nitrogens with zero attached hydrogens (tertiary/aromatic N) is 1. The Balaban J connectivity index is 3.05. The van der Waals surface area contributed by atoms with Gasteiger partial charge >= 0.3 is 6.18 Å². The van der Waals surface area contributed by atoms with Gasteiger partial charge in [-0.25, -0.2) is 0 Å². The van der Waals surface area contributed by atoms with Crippen molar-refractivity contribution in [2.24, 2.45) is 0 Å². The third-order valence-electron chi connectivity index (χ3n) is 1.54. The van der Waals surface area contributed by atoms with Crippen molar-refractivity contribution >= 4 is 12.6 Å². The lowest BCUT2D eigenvalue weighted by Crippen LogP contribution is -2.10. The van der Waals surface area contributed by atoms with Gasteiger partial charge in [-0.2, -0.15) is 25.8 Å². The highest BCUT2D eigenvalue weighted by molar-refractivity contribution is 7.80. The van der Waals surface area contributed by atoms with Crippen LogP contribution in [-0.4, -0.2) is 10.7 Å². The van der Waals surface area contributed by atoms with E-state index in [1.807, 2.05) is 0 Å². The molecule has 0 unspecified atom stereocenters. The van der Waals surface area contributed by atoms with Crippen LogP contribution in [-0.2, 0) is 12.6 Å². The van der Waals surface area contributed by atoms with E-state index in [0.717, 1.165) is 6.07 Å². The van der Waals surface area contributed by atoms with Crippen LogP contribution in [0.4, 0.5) is 13.2 Å². The summed E-state index contributed by atoms with van der Waals surface area (Å²) < 4.78 is 36.9. The average Bonchev–Trinajstić information content (AvgIpc) is 2.04. The molecule has 1 aromatic heterocycles. The number of aryl methyl sites for hydroxylation is 1. The standard InChI is InChI=1S/C8H8F3NS/c9-8(10,11)6-2-1-4-12-7(6)3-5-13/h1-2,4,13H,3,5H2. The molecule has 0 aliphatic rings. The molecule has 0 radical (unpaired) electrons. The fourth-order valence-corrected chi connectivity index (χ4v) is 1.21. The molecule has 0 saturated heterocycles. The lowest BCUT2D eigenvalue weighted by atomic mass is 10.1. The minimum Gasteiger partial charge on any atom is -0.261 e. The first-order valence-corrected chi connectivity index (χ1v) is 4.31. The van der Waals surface area contributed by atoms with E-state index in [1.165, 1.54) is 12.3 Å². The van der Waals surface area contributed by atoms with Gasteiger partial charge in [-0.3, -0.25) is 4.98 Å². The first-order valence-electron chi connectivity index (χ1n) is 3.67.